The fourth-order valence-electron chi connectivity index (χ4n) is 2.36. The van der Waals surface area contributed by atoms with Crippen molar-refractivity contribution < 1.29 is 4.79 Å². The van der Waals surface area contributed by atoms with E-state index in [0.717, 1.165) is 28.1 Å². The van der Waals surface area contributed by atoms with Gasteiger partial charge in [0.05, 0.1) is 5.75 Å². The van der Waals surface area contributed by atoms with Crippen LogP contribution in [0.5, 0.6) is 0 Å². The molecule has 0 bridgehead atoms. The van der Waals surface area contributed by atoms with Crippen LogP contribution in [-0.2, 0) is 11.2 Å². The number of nitrogens with zero attached hydrogens (tertiary/aromatic N) is 2. The number of aromatic nitrogens is 2. The Morgan fingerprint density at radius 2 is 2.00 bits per heavy atom. The van der Waals surface area contributed by atoms with Gasteiger partial charge in [-0.2, -0.15) is 0 Å². The maximum absolute atomic E-state index is 12.1. The predicted molar refractivity (Wildman–Crippen MR) is 116 cm³/mol. The normalized spacial score (nSPS) is 10.9. The van der Waals surface area contributed by atoms with Crippen molar-refractivity contribution >= 4 is 51.2 Å². The molecule has 3 rings (SSSR count). The maximum Gasteiger partial charge on any atom is 0.234 e. The number of benzene rings is 1. The van der Waals surface area contributed by atoms with Gasteiger partial charge in [-0.15, -0.1) is 21.5 Å². The van der Waals surface area contributed by atoms with Gasteiger partial charge in [-0.1, -0.05) is 55.1 Å². The Kier molecular flexibility index (Phi) is 7.25. The summed E-state index contributed by atoms with van der Waals surface area (Å²) in [6, 6.07) is 12.2. The second-order valence-corrected chi connectivity index (χ2v) is 9.48. The lowest BCUT2D eigenvalue weighted by Crippen LogP contribution is -2.13. The SMILES string of the molecule is CC(C)c1ccc(NC(=O)CSc2nnc(NCCc3cccs3)s2)cc1. The molecule has 1 aromatic carbocycles. The van der Waals surface area contributed by atoms with E-state index in [1.54, 1.807) is 11.3 Å². The van der Waals surface area contributed by atoms with Crippen molar-refractivity contribution in [2.45, 2.75) is 30.5 Å². The van der Waals surface area contributed by atoms with E-state index in [-0.39, 0.29) is 5.91 Å². The number of hydrogen-bond donors (Lipinski definition) is 2. The fraction of sp³-hybridized carbons (Fsp3) is 0.316. The van der Waals surface area contributed by atoms with Crippen LogP contribution in [0, 0.1) is 0 Å². The average Bonchev–Trinajstić information content (AvgIpc) is 3.32. The second-order valence-electron chi connectivity index (χ2n) is 6.24. The van der Waals surface area contributed by atoms with Crippen LogP contribution in [0.1, 0.15) is 30.2 Å². The van der Waals surface area contributed by atoms with Crippen LogP contribution < -0.4 is 10.6 Å². The van der Waals surface area contributed by atoms with Crippen LogP contribution in [0.15, 0.2) is 46.1 Å². The lowest BCUT2D eigenvalue weighted by atomic mass is 10.0. The van der Waals surface area contributed by atoms with Crippen LogP contribution >= 0.6 is 34.4 Å². The number of carbonyl (C=O) groups excluding carboxylic acids is 1. The molecule has 0 aliphatic carbocycles. The number of rotatable bonds is 9. The molecule has 1 amide bonds. The molecule has 0 radical (unpaired) electrons. The highest BCUT2D eigenvalue weighted by molar-refractivity contribution is 8.01. The number of nitrogens with one attached hydrogen (secondary N) is 2. The third-order valence-electron chi connectivity index (χ3n) is 3.82. The molecule has 8 heteroatoms. The van der Waals surface area contributed by atoms with Crippen LogP contribution in [0.4, 0.5) is 10.8 Å². The van der Waals surface area contributed by atoms with Crippen molar-refractivity contribution in [1.82, 2.24) is 10.2 Å². The zero-order valence-corrected chi connectivity index (χ0v) is 17.7. The van der Waals surface area contributed by atoms with Gasteiger partial charge in [-0.05, 0) is 41.5 Å². The standard InChI is InChI=1S/C19H22N4OS3/c1-13(2)14-5-7-15(8-6-14)21-17(24)12-26-19-23-22-18(27-19)20-10-9-16-4-3-11-25-16/h3-8,11,13H,9-10,12H2,1-2H3,(H,20,22)(H,21,24). The summed E-state index contributed by atoms with van der Waals surface area (Å²) in [6.45, 7) is 5.13. The molecule has 0 atom stereocenters. The minimum atomic E-state index is -0.0419. The zero-order valence-electron chi connectivity index (χ0n) is 15.3. The Labute approximate surface area is 171 Å². The van der Waals surface area contributed by atoms with Crippen LogP contribution in [0.25, 0.3) is 0 Å². The molecule has 0 unspecified atom stereocenters. The molecule has 0 aliphatic heterocycles. The number of thioether (sulfide) groups is 1. The summed E-state index contributed by atoms with van der Waals surface area (Å²) in [5.41, 5.74) is 2.08. The van der Waals surface area contributed by atoms with Crippen molar-refractivity contribution in [2.75, 3.05) is 22.9 Å². The fourth-order valence-corrected chi connectivity index (χ4v) is 4.65. The number of amides is 1. The van der Waals surface area contributed by atoms with E-state index in [1.807, 2.05) is 24.3 Å². The topological polar surface area (TPSA) is 66.9 Å². The van der Waals surface area contributed by atoms with Gasteiger partial charge in [0, 0.05) is 17.1 Å². The first-order valence-electron chi connectivity index (χ1n) is 8.72. The van der Waals surface area contributed by atoms with E-state index in [0.29, 0.717) is 11.7 Å². The second kappa shape index (κ2) is 9.87. The van der Waals surface area contributed by atoms with E-state index in [4.69, 9.17) is 0 Å². The number of anilines is 2. The minimum Gasteiger partial charge on any atom is -0.360 e. The Morgan fingerprint density at radius 1 is 1.19 bits per heavy atom. The first-order valence-corrected chi connectivity index (χ1v) is 11.4. The number of thiophene rings is 1. The summed E-state index contributed by atoms with van der Waals surface area (Å²) in [7, 11) is 0. The first-order chi connectivity index (χ1) is 13.1. The molecule has 2 N–H and O–H groups in total. The van der Waals surface area contributed by atoms with Gasteiger partial charge in [0.2, 0.25) is 11.0 Å². The Hall–Kier alpha value is -1.90. The zero-order chi connectivity index (χ0) is 19.1. The highest BCUT2D eigenvalue weighted by Gasteiger charge is 2.09. The van der Waals surface area contributed by atoms with Crippen LogP contribution in [-0.4, -0.2) is 28.4 Å². The monoisotopic (exact) mass is 418 g/mol. The van der Waals surface area contributed by atoms with Gasteiger partial charge < -0.3 is 10.6 Å². The molecule has 2 aromatic heterocycles. The first kappa shape index (κ1) is 19.9. The highest BCUT2D eigenvalue weighted by atomic mass is 32.2. The molecule has 27 heavy (non-hydrogen) atoms. The maximum atomic E-state index is 12.1. The lowest BCUT2D eigenvalue weighted by Gasteiger charge is -2.08. The van der Waals surface area contributed by atoms with Gasteiger partial charge in [0.15, 0.2) is 4.34 Å². The van der Waals surface area contributed by atoms with Crippen LogP contribution in [0.3, 0.4) is 0 Å². The average molecular weight is 419 g/mol. The summed E-state index contributed by atoms with van der Waals surface area (Å²) in [4.78, 5) is 13.5. The quantitative estimate of drug-likeness (QED) is 0.473. The summed E-state index contributed by atoms with van der Waals surface area (Å²) < 4.78 is 0.791. The molecule has 0 fully saturated rings. The van der Waals surface area contributed by atoms with E-state index >= 15 is 0 Å². The van der Waals surface area contributed by atoms with Crippen molar-refractivity contribution in [3.8, 4) is 0 Å². The number of hydrogen-bond acceptors (Lipinski definition) is 7. The Morgan fingerprint density at radius 3 is 2.70 bits per heavy atom. The Bertz CT molecular complexity index is 844. The smallest absolute Gasteiger partial charge is 0.234 e. The molecule has 142 valence electrons. The molecular formula is C19H22N4OS3. The van der Waals surface area contributed by atoms with Crippen molar-refractivity contribution in [3.63, 3.8) is 0 Å². The highest BCUT2D eigenvalue weighted by Crippen LogP contribution is 2.26. The van der Waals surface area contributed by atoms with Gasteiger partial charge in [0.25, 0.3) is 0 Å². The lowest BCUT2D eigenvalue weighted by molar-refractivity contribution is -0.113. The van der Waals surface area contributed by atoms with Gasteiger partial charge in [-0.3, -0.25) is 4.79 Å². The molecule has 0 saturated carbocycles. The van der Waals surface area contributed by atoms with E-state index in [9.17, 15) is 4.79 Å². The van der Waals surface area contributed by atoms with E-state index in [1.165, 1.54) is 33.5 Å². The van der Waals surface area contributed by atoms with Gasteiger partial charge >= 0.3 is 0 Å². The van der Waals surface area contributed by atoms with E-state index in [2.05, 4.69) is 52.2 Å². The molecule has 0 saturated heterocycles. The third-order valence-corrected chi connectivity index (χ3v) is 6.77. The summed E-state index contributed by atoms with van der Waals surface area (Å²) in [6.07, 6.45) is 0.970. The molecule has 0 spiro atoms. The van der Waals surface area contributed by atoms with Gasteiger partial charge in [0.1, 0.15) is 0 Å². The van der Waals surface area contributed by atoms with Gasteiger partial charge in [-0.25, -0.2) is 0 Å². The van der Waals surface area contributed by atoms with Crippen LogP contribution in [0.2, 0.25) is 0 Å². The summed E-state index contributed by atoms with van der Waals surface area (Å²) in [5.74, 6) is 0.756. The molecular weight excluding hydrogens is 396 g/mol. The molecule has 5 nitrogen and oxygen atoms in total. The minimum absolute atomic E-state index is 0.0419. The predicted octanol–water partition coefficient (Wildman–Crippen LogP) is 5.11. The largest absolute Gasteiger partial charge is 0.360 e. The van der Waals surface area contributed by atoms with Crippen molar-refractivity contribution in [1.29, 1.82) is 0 Å². The summed E-state index contributed by atoms with van der Waals surface area (Å²) >= 11 is 4.64. The van der Waals surface area contributed by atoms with Crippen molar-refractivity contribution in [3.05, 3.63) is 52.2 Å². The molecule has 3 aromatic rings. The molecule has 2 heterocycles. The van der Waals surface area contributed by atoms with E-state index < -0.39 is 0 Å². The Balaban J connectivity index is 1.40. The summed E-state index contributed by atoms with van der Waals surface area (Å²) in [5, 5.41) is 17.3. The van der Waals surface area contributed by atoms with Crippen molar-refractivity contribution in [2.24, 2.45) is 0 Å². The molecule has 0 aliphatic rings. The number of carbonyl (C=O) groups is 1. The third kappa shape index (κ3) is 6.34.